The predicted octanol–water partition coefficient (Wildman–Crippen LogP) is 1.52. The van der Waals surface area contributed by atoms with Crippen molar-refractivity contribution < 1.29 is 17.9 Å². The van der Waals surface area contributed by atoms with Gasteiger partial charge < -0.3 is 0 Å². The summed E-state index contributed by atoms with van der Waals surface area (Å²) in [4.78, 5) is 0. The zero-order valence-corrected chi connectivity index (χ0v) is 7.11. The van der Waals surface area contributed by atoms with Crippen molar-refractivity contribution >= 4 is 0 Å². The lowest BCUT2D eigenvalue weighted by atomic mass is 9.89. The summed E-state index contributed by atoms with van der Waals surface area (Å²) < 4.78 is 40.6. The summed E-state index contributed by atoms with van der Waals surface area (Å²) in [6.45, 7) is 0. The van der Waals surface area contributed by atoms with E-state index in [0.29, 0.717) is 12.8 Å². The maximum Gasteiger partial charge on any atom is 0.522 e. The highest BCUT2D eigenvalue weighted by Crippen LogP contribution is 2.37. The van der Waals surface area contributed by atoms with Gasteiger partial charge >= 0.3 is 6.36 Å². The molecule has 0 spiro atoms. The van der Waals surface area contributed by atoms with E-state index < -0.39 is 12.5 Å². The second-order valence-electron chi connectivity index (χ2n) is 3.19. The zero-order valence-electron chi connectivity index (χ0n) is 7.11. The summed E-state index contributed by atoms with van der Waals surface area (Å²) in [5.41, 5.74) is 0. The Balaban J connectivity index is 1.80. The Labute approximate surface area is 77.7 Å². The number of aromatic nitrogens is 3. The molecule has 1 heterocycles. The Kier molecular flexibility index (Phi) is 2.18. The molecule has 2 rings (SSSR count). The van der Waals surface area contributed by atoms with Gasteiger partial charge in [-0.1, -0.05) is 5.21 Å². The van der Waals surface area contributed by atoms with E-state index in [-0.39, 0.29) is 6.04 Å². The number of hydrogen-bond acceptors (Lipinski definition) is 3. The predicted molar refractivity (Wildman–Crippen MR) is 39.2 cm³/mol. The van der Waals surface area contributed by atoms with E-state index in [2.05, 4.69) is 15.0 Å². The average molecular weight is 207 g/mol. The molecule has 1 aliphatic carbocycles. The molecule has 1 fully saturated rings. The van der Waals surface area contributed by atoms with Crippen LogP contribution in [0.1, 0.15) is 18.9 Å². The Morgan fingerprint density at radius 2 is 2.07 bits per heavy atom. The van der Waals surface area contributed by atoms with Gasteiger partial charge in [-0.05, 0) is 12.8 Å². The molecule has 1 aliphatic rings. The maximum atomic E-state index is 11.7. The lowest BCUT2D eigenvalue weighted by molar-refractivity contribution is -0.353. The van der Waals surface area contributed by atoms with Crippen LogP contribution >= 0.6 is 0 Å². The van der Waals surface area contributed by atoms with E-state index in [0.717, 1.165) is 0 Å². The first kappa shape index (κ1) is 9.45. The van der Waals surface area contributed by atoms with E-state index >= 15 is 0 Å². The monoisotopic (exact) mass is 207 g/mol. The van der Waals surface area contributed by atoms with Gasteiger partial charge in [-0.25, -0.2) is 4.68 Å². The second-order valence-corrected chi connectivity index (χ2v) is 3.19. The lowest BCUT2D eigenvalue weighted by Gasteiger charge is -2.34. The van der Waals surface area contributed by atoms with Crippen molar-refractivity contribution in [2.24, 2.45) is 0 Å². The minimum Gasteiger partial charge on any atom is -0.288 e. The molecule has 0 amide bonds. The fourth-order valence-electron chi connectivity index (χ4n) is 1.45. The van der Waals surface area contributed by atoms with Crippen molar-refractivity contribution in [2.75, 3.05) is 0 Å². The van der Waals surface area contributed by atoms with Gasteiger partial charge in [0.25, 0.3) is 0 Å². The topological polar surface area (TPSA) is 39.9 Å². The molecule has 0 radical (unpaired) electrons. The molecule has 0 aromatic carbocycles. The minimum atomic E-state index is -4.53. The van der Waals surface area contributed by atoms with E-state index in [1.807, 2.05) is 0 Å². The van der Waals surface area contributed by atoms with Gasteiger partial charge in [0.15, 0.2) is 0 Å². The van der Waals surface area contributed by atoms with Gasteiger partial charge in [-0.15, -0.1) is 18.3 Å². The van der Waals surface area contributed by atoms with Crippen LogP contribution in [0.5, 0.6) is 0 Å². The number of alkyl halides is 3. The number of rotatable bonds is 2. The summed E-state index contributed by atoms with van der Waals surface area (Å²) >= 11 is 0. The molecule has 7 heteroatoms. The highest BCUT2D eigenvalue weighted by Gasteiger charge is 2.40. The molecule has 78 valence electrons. The molecule has 4 nitrogen and oxygen atoms in total. The van der Waals surface area contributed by atoms with Crippen molar-refractivity contribution in [1.29, 1.82) is 0 Å². The fraction of sp³-hybridized carbons (Fsp3) is 0.714. The third kappa shape index (κ3) is 2.03. The molecule has 0 unspecified atom stereocenters. The van der Waals surface area contributed by atoms with Crippen LogP contribution in [0.15, 0.2) is 12.4 Å². The molecule has 0 N–H and O–H groups in total. The quantitative estimate of drug-likeness (QED) is 0.738. The second kappa shape index (κ2) is 3.23. The van der Waals surface area contributed by atoms with Crippen molar-refractivity contribution in [3.8, 4) is 0 Å². The van der Waals surface area contributed by atoms with Gasteiger partial charge in [0.1, 0.15) is 0 Å². The van der Waals surface area contributed by atoms with E-state index in [1.165, 1.54) is 6.20 Å². The molecule has 1 saturated carbocycles. The lowest BCUT2D eigenvalue weighted by Crippen LogP contribution is -2.37. The maximum absolute atomic E-state index is 11.7. The van der Waals surface area contributed by atoms with Gasteiger partial charge in [-0.2, -0.15) is 0 Å². The first-order chi connectivity index (χ1) is 6.54. The number of halogens is 3. The van der Waals surface area contributed by atoms with Crippen LogP contribution < -0.4 is 0 Å². The van der Waals surface area contributed by atoms with Gasteiger partial charge in [0.2, 0.25) is 0 Å². The van der Waals surface area contributed by atoms with Crippen LogP contribution in [-0.4, -0.2) is 27.5 Å². The molecule has 14 heavy (non-hydrogen) atoms. The molecular formula is C7H8F3N3O. The summed E-state index contributed by atoms with van der Waals surface area (Å²) in [6.07, 6.45) is -1.46. The average Bonchev–Trinajstić information content (AvgIpc) is 2.45. The smallest absolute Gasteiger partial charge is 0.288 e. The summed E-state index contributed by atoms with van der Waals surface area (Å²) in [6, 6.07) is -0.00940. The van der Waals surface area contributed by atoms with Crippen molar-refractivity contribution in [1.82, 2.24) is 15.0 Å². The van der Waals surface area contributed by atoms with Crippen molar-refractivity contribution in [3.05, 3.63) is 12.4 Å². The van der Waals surface area contributed by atoms with Crippen LogP contribution in [0, 0.1) is 0 Å². The SMILES string of the molecule is FC(F)(F)OC1CC(n2ccnn2)C1. The molecule has 1 aromatic heterocycles. The summed E-state index contributed by atoms with van der Waals surface area (Å²) in [5.74, 6) is 0. The number of ether oxygens (including phenoxy) is 1. The number of hydrogen-bond donors (Lipinski definition) is 0. The Morgan fingerprint density at radius 3 is 2.57 bits per heavy atom. The normalized spacial score (nSPS) is 27.4. The Hall–Kier alpha value is -1.11. The van der Waals surface area contributed by atoms with E-state index in [9.17, 15) is 13.2 Å². The Morgan fingerprint density at radius 1 is 1.36 bits per heavy atom. The van der Waals surface area contributed by atoms with E-state index in [4.69, 9.17) is 0 Å². The molecule has 0 saturated heterocycles. The van der Waals surface area contributed by atoms with Crippen molar-refractivity contribution in [2.45, 2.75) is 31.3 Å². The number of nitrogens with zero attached hydrogens (tertiary/aromatic N) is 3. The van der Waals surface area contributed by atoms with Crippen LogP contribution in [0.25, 0.3) is 0 Å². The largest absolute Gasteiger partial charge is 0.522 e. The fourth-order valence-corrected chi connectivity index (χ4v) is 1.45. The molecular weight excluding hydrogens is 199 g/mol. The minimum absolute atomic E-state index is 0.00940. The van der Waals surface area contributed by atoms with Crippen LogP contribution in [0.2, 0.25) is 0 Å². The molecule has 1 aromatic rings. The summed E-state index contributed by atoms with van der Waals surface area (Å²) in [7, 11) is 0. The molecule has 0 atom stereocenters. The summed E-state index contributed by atoms with van der Waals surface area (Å²) in [5, 5.41) is 7.27. The van der Waals surface area contributed by atoms with Crippen LogP contribution in [-0.2, 0) is 4.74 Å². The first-order valence-corrected chi connectivity index (χ1v) is 4.15. The zero-order chi connectivity index (χ0) is 10.2. The van der Waals surface area contributed by atoms with Crippen molar-refractivity contribution in [3.63, 3.8) is 0 Å². The standard InChI is InChI=1S/C7H8F3N3O/c8-7(9,10)14-6-3-5(4-6)13-2-1-11-12-13/h1-2,5-6H,3-4H2. The highest BCUT2D eigenvalue weighted by atomic mass is 19.4. The van der Waals surface area contributed by atoms with Gasteiger partial charge in [0, 0.05) is 6.20 Å². The third-order valence-electron chi connectivity index (χ3n) is 2.19. The Bertz CT molecular complexity index is 292. The molecule has 0 bridgehead atoms. The van der Waals surface area contributed by atoms with Crippen LogP contribution in [0.4, 0.5) is 13.2 Å². The van der Waals surface area contributed by atoms with Gasteiger partial charge in [-0.3, -0.25) is 4.74 Å². The van der Waals surface area contributed by atoms with E-state index in [1.54, 1.807) is 10.9 Å². The third-order valence-corrected chi connectivity index (χ3v) is 2.19. The van der Waals surface area contributed by atoms with Gasteiger partial charge in [0.05, 0.1) is 18.3 Å². The molecule has 0 aliphatic heterocycles. The highest BCUT2D eigenvalue weighted by molar-refractivity contribution is 4.86. The first-order valence-electron chi connectivity index (χ1n) is 4.15. The van der Waals surface area contributed by atoms with Crippen LogP contribution in [0.3, 0.4) is 0 Å².